The highest BCUT2D eigenvalue weighted by Crippen LogP contribution is 2.41. The van der Waals surface area contributed by atoms with Gasteiger partial charge < -0.3 is 29.6 Å². The number of carboxylic acids is 1. The summed E-state index contributed by atoms with van der Waals surface area (Å²) < 4.78 is 26.5. The molecule has 3 N–H and O–H groups in total. The molecule has 4 aromatic rings. The smallest absolute Gasteiger partial charge is 0.335 e. The Labute approximate surface area is 198 Å². The van der Waals surface area contributed by atoms with Crippen molar-refractivity contribution in [2.24, 2.45) is 5.18 Å². The van der Waals surface area contributed by atoms with Gasteiger partial charge in [-0.25, -0.2) is 9.18 Å². The lowest BCUT2D eigenvalue weighted by Crippen LogP contribution is -2.14. The minimum atomic E-state index is -0.994. The predicted octanol–water partition coefficient (Wildman–Crippen LogP) is 5.11. The van der Waals surface area contributed by atoms with Crippen molar-refractivity contribution in [2.75, 3.05) is 12.1 Å². The summed E-state index contributed by atoms with van der Waals surface area (Å²) in [5, 5.41) is 26.4. The number of ether oxygens (including phenoxy) is 2. The van der Waals surface area contributed by atoms with E-state index in [0.29, 0.717) is 40.0 Å². The van der Waals surface area contributed by atoms with Crippen LogP contribution in [0.3, 0.4) is 0 Å². The van der Waals surface area contributed by atoms with Crippen molar-refractivity contribution in [3.05, 3.63) is 87.6 Å². The number of halogens is 1. The summed E-state index contributed by atoms with van der Waals surface area (Å²) in [6, 6.07) is 14.3. The van der Waals surface area contributed by atoms with Gasteiger partial charge in [-0.1, -0.05) is 12.1 Å². The topological polar surface area (TPSA) is 122 Å². The van der Waals surface area contributed by atoms with E-state index in [9.17, 15) is 19.2 Å². The van der Waals surface area contributed by atoms with Gasteiger partial charge in [0.05, 0.1) is 24.2 Å². The third-order valence-electron chi connectivity index (χ3n) is 5.88. The van der Waals surface area contributed by atoms with Crippen LogP contribution in [0.2, 0.25) is 0 Å². The molecule has 1 aliphatic heterocycles. The largest absolute Gasteiger partial charge is 0.493 e. The molecule has 3 aromatic carbocycles. The zero-order valence-corrected chi connectivity index (χ0v) is 18.3. The molecule has 2 heterocycles. The fraction of sp³-hybridized carbons (Fsp3) is 0.160. The molecule has 0 atom stereocenters. The Morgan fingerprint density at radius 1 is 1.14 bits per heavy atom. The van der Waals surface area contributed by atoms with E-state index in [1.165, 1.54) is 28.8 Å². The number of nitroso groups, excluding NO2 is 1. The Morgan fingerprint density at radius 3 is 2.69 bits per heavy atom. The number of rotatable bonds is 7. The second-order valence-corrected chi connectivity index (χ2v) is 8.10. The number of hydrogen-bond donors (Lipinski definition) is 3. The van der Waals surface area contributed by atoms with Gasteiger partial charge in [0.15, 0.2) is 12.5 Å². The molecule has 1 aromatic heterocycles. The van der Waals surface area contributed by atoms with Crippen molar-refractivity contribution >= 4 is 28.2 Å². The number of aromatic nitrogens is 1. The molecule has 0 amide bonds. The van der Waals surface area contributed by atoms with E-state index in [4.69, 9.17) is 14.6 Å². The van der Waals surface area contributed by atoms with Crippen LogP contribution in [0.15, 0.2) is 59.8 Å². The highest BCUT2D eigenvalue weighted by atomic mass is 19.1. The second-order valence-electron chi connectivity index (χ2n) is 8.10. The molecule has 5 rings (SSSR count). The van der Waals surface area contributed by atoms with Gasteiger partial charge in [0.25, 0.3) is 0 Å². The van der Waals surface area contributed by atoms with E-state index in [1.54, 1.807) is 30.3 Å². The number of nitrogens with zero attached hydrogens (tertiary/aromatic N) is 2. The van der Waals surface area contributed by atoms with Crippen LogP contribution in [0.25, 0.3) is 10.9 Å². The van der Waals surface area contributed by atoms with Crippen molar-refractivity contribution < 1.29 is 28.9 Å². The average Bonchev–Trinajstić information content (AvgIpc) is 3.12. The zero-order chi connectivity index (χ0) is 24.5. The van der Waals surface area contributed by atoms with Gasteiger partial charge in [0, 0.05) is 28.7 Å². The lowest BCUT2D eigenvalue weighted by molar-refractivity contribution is -0.0173. The van der Waals surface area contributed by atoms with Gasteiger partial charge in [0.1, 0.15) is 11.6 Å². The second kappa shape index (κ2) is 9.07. The minimum Gasteiger partial charge on any atom is -0.493 e. The van der Waals surface area contributed by atoms with Crippen LogP contribution in [0.5, 0.6) is 11.6 Å². The summed E-state index contributed by atoms with van der Waals surface area (Å²) in [4.78, 5) is 22.6. The van der Waals surface area contributed by atoms with Crippen LogP contribution in [0.4, 0.5) is 15.8 Å². The summed E-state index contributed by atoms with van der Waals surface area (Å²) in [5.41, 5.74) is 3.22. The molecular weight excluding hydrogens is 457 g/mol. The van der Waals surface area contributed by atoms with Crippen molar-refractivity contribution in [1.82, 2.24) is 4.57 Å². The Bertz CT molecular complexity index is 1450. The SMILES string of the molecule is O=Nc1c(O)n(Cc2cc(F)cc3c2OCOC3)c2ccc(NCc3ccc(C(=O)O)cc3)cc12. The highest BCUT2D eigenvalue weighted by Gasteiger charge is 2.22. The monoisotopic (exact) mass is 477 g/mol. The third kappa shape index (κ3) is 4.26. The van der Waals surface area contributed by atoms with Crippen molar-refractivity contribution in [3.63, 3.8) is 0 Å². The van der Waals surface area contributed by atoms with Gasteiger partial charge in [-0.2, -0.15) is 0 Å². The fourth-order valence-electron chi connectivity index (χ4n) is 4.20. The van der Waals surface area contributed by atoms with Gasteiger partial charge in [-0.15, -0.1) is 4.91 Å². The first-order valence-corrected chi connectivity index (χ1v) is 10.7. The predicted molar refractivity (Wildman–Crippen MR) is 126 cm³/mol. The summed E-state index contributed by atoms with van der Waals surface area (Å²) in [6.45, 7) is 0.727. The Morgan fingerprint density at radius 2 is 1.94 bits per heavy atom. The molecular formula is C25H20FN3O6. The molecule has 0 fully saturated rings. The fourth-order valence-corrected chi connectivity index (χ4v) is 4.20. The zero-order valence-electron chi connectivity index (χ0n) is 18.3. The molecule has 0 aliphatic carbocycles. The molecule has 178 valence electrons. The molecule has 0 spiro atoms. The van der Waals surface area contributed by atoms with E-state index in [1.807, 2.05) is 0 Å². The number of nitrogens with one attached hydrogen (secondary N) is 1. The lowest BCUT2D eigenvalue weighted by atomic mass is 10.1. The maximum atomic E-state index is 14.2. The molecule has 0 bridgehead atoms. The van der Waals surface area contributed by atoms with Crippen LogP contribution >= 0.6 is 0 Å². The molecule has 9 nitrogen and oxygen atoms in total. The van der Waals surface area contributed by atoms with Crippen LogP contribution < -0.4 is 10.1 Å². The first-order chi connectivity index (χ1) is 16.9. The van der Waals surface area contributed by atoms with Crippen LogP contribution in [0, 0.1) is 10.7 Å². The molecule has 10 heteroatoms. The maximum Gasteiger partial charge on any atom is 0.335 e. The summed E-state index contributed by atoms with van der Waals surface area (Å²) in [6.07, 6.45) is 0. The maximum absolute atomic E-state index is 14.2. The summed E-state index contributed by atoms with van der Waals surface area (Å²) in [5.74, 6) is -1.29. The number of fused-ring (bicyclic) bond motifs is 2. The first kappa shape index (κ1) is 22.4. The first-order valence-electron chi connectivity index (χ1n) is 10.7. The van der Waals surface area contributed by atoms with Gasteiger partial charge in [0.2, 0.25) is 5.88 Å². The van der Waals surface area contributed by atoms with Crippen LogP contribution in [-0.2, 0) is 24.4 Å². The van der Waals surface area contributed by atoms with Crippen LogP contribution in [-0.4, -0.2) is 27.5 Å². The van der Waals surface area contributed by atoms with Gasteiger partial charge in [-0.05, 0) is 53.2 Å². The number of carboxylic acid groups (broad SMARTS) is 1. The molecule has 0 radical (unpaired) electrons. The molecule has 0 unspecified atom stereocenters. The van der Waals surface area contributed by atoms with Gasteiger partial charge >= 0.3 is 5.97 Å². The normalized spacial score (nSPS) is 12.7. The number of carbonyl (C=O) groups is 1. The van der Waals surface area contributed by atoms with E-state index < -0.39 is 11.8 Å². The van der Waals surface area contributed by atoms with E-state index in [-0.39, 0.29) is 37.1 Å². The van der Waals surface area contributed by atoms with E-state index >= 15 is 0 Å². The summed E-state index contributed by atoms with van der Waals surface area (Å²) in [7, 11) is 0. The van der Waals surface area contributed by atoms with Crippen molar-refractivity contribution in [3.8, 4) is 11.6 Å². The standard InChI is InChI=1S/C25H20FN3O6/c26-18-7-16(23-17(8-18)12-34-13-35-23)11-29-21-6-5-19(9-20(21)22(28-33)24(29)30)27-10-14-1-3-15(4-2-14)25(31)32/h1-9,27,30H,10-13H2,(H,31,32). The Balaban J connectivity index is 1.45. The number of hydrogen-bond acceptors (Lipinski definition) is 7. The molecule has 0 saturated heterocycles. The lowest BCUT2D eigenvalue weighted by Gasteiger charge is -2.21. The van der Waals surface area contributed by atoms with Crippen molar-refractivity contribution in [1.29, 1.82) is 0 Å². The Kier molecular flexibility index (Phi) is 5.79. The molecule has 1 aliphatic rings. The van der Waals surface area contributed by atoms with Crippen LogP contribution in [0.1, 0.15) is 27.0 Å². The number of aromatic hydroxyl groups is 1. The number of benzene rings is 3. The highest BCUT2D eigenvalue weighted by molar-refractivity contribution is 5.97. The Hall–Kier alpha value is -4.44. The van der Waals surface area contributed by atoms with Gasteiger partial charge in [-0.3, -0.25) is 0 Å². The molecule has 35 heavy (non-hydrogen) atoms. The quantitative estimate of drug-likeness (QED) is 0.316. The molecule has 0 saturated carbocycles. The van der Waals surface area contributed by atoms with E-state index in [0.717, 1.165) is 5.56 Å². The number of aromatic carboxylic acids is 1. The summed E-state index contributed by atoms with van der Waals surface area (Å²) >= 11 is 0. The average molecular weight is 477 g/mol. The van der Waals surface area contributed by atoms with Crippen molar-refractivity contribution in [2.45, 2.75) is 19.7 Å². The minimum absolute atomic E-state index is 0.0409. The number of anilines is 1. The van der Waals surface area contributed by atoms with E-state index in [2.05, 4.69) is 10.5 Å². The third-order valence-corrected chi connectivity index (χ3v) is 5.88.